The average molecular weight is 330 g/mol. The number of aliphatic imine (C=N–C) groups is 1. The SMILES string of the molecule is CSCCCCN=C(NCCSC)NCCc1ccco1. The van der Waals surface area contributed by atoms with E-state index in [4.69, 9.17) is 4.42 Å². The van der Waals surface area contributed by atoms with Gasteiger partial charge in [-0.1, -0.05) is 0 Å². The molecule has 0 aromatic carbocycles. The minimum absolute atomic E-state index is 0.837. The second-order valence-corrected chi connectivity index (χ2v) is 6.58. The molecular weight excluding hydrogens is 302 g/mol. The molecule has 0 atom stereocenters. The smallest absolute Gasteiger partial charge is 0.191 e. The highest BCUT2D eigenvalue weighted by atomic mass is 32.2. The number of nitrogens with one attached hydrogen (secondary N) is 2. The van der Waals surface area contributed by atoms with E-state index in [-0.39, 0.29) is 0 Å². The number of furan rings is 1. The molecule has 0 bridgehead atoms. The fourth-order valence-electron chi connectivity index (χ4n) is 1.75. The van der Waals surface area contributed by atoms with Gasteiger partial charge >= 0.3 is 0 Å². The number of nitrogens with zero attached hydrogens (tertiary/aromatic N) is 1. The number of guanidine groups is 1. The molecule has 120 valence electrons. The molecule has 6 heteroatoms. The van der Waals surface area contributed by atoms with Crippen LogP contribution in [0.3, 0.4) is 0 Å². The molecule has 0 amide bonds. The van der Waals surface area contributed by atoms with E-state index >= 15 is 0 Å². The van der Waals surface area contributed by atoms with Gasteiger partial charge in [0.05, 0.1) is 6.26 Å². The third kappa shape index (κ3) is 9.74. The predicted octanol–water partition coefficient (Wildman–Crippen LogP) is 2.86. The van der Waals surface area contributed by atoms with E-state index in [1.54, 1.807) is 6.26 Å². The predicted molar refractivity (Wildman–Crippen MR) is 96.7 cm³/mol. The van der Waals surface area contributed by atoms with Crippen LogP contribution in [-0.4, -0.2) is 49.6 Å². The van der Waals surface area contributed by atoms with E-state index in [1.807, 2.05) is 35.7 Å². The topological polar surface area (TPSA) is 49.6 Å². The third-order valence-electron chi connectivity index (χ3n) is 2.87. The van der Waals surface area contributed by atoms with Crippen LogP contribution in [-0.2, 0) is 6.42 Å². The van der Waals surface area contributed by atoms with Crippen LogP contribution >= 0.6 is 23.5 Å². The fraction of sp³-hybridized carbons (Fsp3) is 0.667. The Bertz CT molecular complexity index is 369. The second-order valence-electron chi connectivity index (χ2n) is 4.61. The normalized spacial score (nSPS) is 11.6. The summed E-state index contributed by atoms with van der Waals surface area (Å²) in [6, 6.07) is 3.93. The molecule has 0 saturated carbocycles. The zero-order valence-corrected chi connectivity index (χ0v) is 14.7. The van der Waals surface area contributed by atoms with E-state index in [0.717, 1.165) is 49.9 Å². The lowest BCUT2D eigenvalue weighted by Gasteiger charge is -2.11. The molecule has 1 aromatic heterocycles. The molecule has 1 rings (SSSR count). The molecule has 0 unspecified atom stereocenters. The number of unbranched alkanes of at least 4 members (excludes halogenated alkanes) is 1. The van der Waals surface area contributed by atoms with Crippen LogP contribution in [0.1, 0.15) is 18.6 Å². The summed E-state index contributed by atoms with van der Waals surface area (Å²) in [5.74, 6) is 4.23. The van der Waals surface area contributed by atoms with Crippen LogP contribution in [0.5, 0.6) is 0 Å². The van der Waals surface area contributed by atoms with Crippen molar-refractivity contribution in [1.29, 1.82) is 0 Å². The maximum absolute atomic E-state index is 5.33. The Labute approximate surface area is 136 Å². The van der Waals surface area contributed by atoms with Gasteiger partial charge in [0.1, 0.15) is 5.76 Å². The second kappa shape index (κ2) is 13.0. The van der Waals surface area contributed by atoms with Crippen molar-refractivity contribution in [2.45, 2.75) is 19.3 Å². The van der Waals surface area contributed by atoms with E-state index in [2.05, 4.69) is 28.1 Å². The number of hydrogen-bond donors (Lipinski definition) is 2. The highest BCUT2D eigenvalue weighted by molar-refractivity contribution is 7.98. The van der Waals surface area contributed by atoms with Gasteiger partial charge in [0.15, 0.2) is 5.96 Å². The first-order chi connectivity index (χ1) is 10.4. The molecule has 0 radical (unpaired) electrons. The molecule has 0 fully saturated rings. The Morgan fingerprint density at radius 3 is 2.67 bits per heavy atom. The Kier molecular flexibility index (Phi) is 11.3. The van der Waals surface area contributed by atoms with Crippen molar-refractivity contribution >= 4 is 29.5 Å². The van der Waals surface area contributed by atoms with Crippen LogP contribution in [0.15, 0.2) is 27.8 Å². The lowest BCUT2D eigenvalue weighted by Crippen LogP contribution is -2.39. The lowest BCUT2D eigenvalue weighted by molar-refractivity contribution is 0.507. The maximum Gasteiger partial charge on any atom is 0.191 e. The minimum atomic E-state index is 0.837. The third-order valence-corrected chi connectivity index (χ3v) is 4.18. The van der Waals surface area contributed by atoms with Gasteiger partial charge in [-0.3, -0.25) is 4.99 Å². The quantitative estimate of drug-likeness (QED) is 0.371. The van der Waals surface area contributed by atoms with Crippen LogP contribution in [0.4, 0.5) is 0 Å². The molecule has 4 nitrogen and oxygen atoms in total. The van der Waals surface area contributed by atoms with E-state index in [1.165, 1.54) is 12.2 Å². The van der Waals surface area contributed by atoms with Crippen LogP contribution in [0.2, 0.25) is 0 Å². The van der Waals surface area contributed by atoms with Crippen molar-refractivity contribution in [3.8, 4) is 0 Å². The summed E-state index contributed by atoms with van der Waals surface area (Å²) in [5.41, 5.74) is 0. The van der Waals surface area contributed by atoms with Crippen LogP contribution in [0.25, 0.3) is 0 Å². The fourth-order valence-corrected chi connectivity index (χ4v) is 2.55. The Morgan fingerprint density at radius 2 is 1.95 bits per heavy atom. The maximum atomic E-state index is 5.33. The van der Waals surface area contributed by atoms with Crippen LogP contribution < -0.4 is 10.6 Å². The molecule has 1 heterocycles. The van der Waals surface area contributed by atoms with E-state index < -0.39 is 0 Å². The van der Waals surface area contributed by atoms with Gasteiger partial charge in [-0.05, 0) is 43.2 Å². The van der Waals surface area contributed by atoms with Crippen molar-refractivity contribution in [2.75, 3.05) is 43.7 Å². The summed E-state index contributed by atoms with van der Waals surface area (Å²) in [6.45, 7) is 2.66. The summed E-state index contributed by atoms with van der Waals surface area (Å²) in [6.07, 6.45) is 9.24. The summed E-state index contributed by atoms with van der Waals surface area (Å²) >= 11 is 3.73. The Morgan fingerprint density at radius 1 is 1.14 bits per heavy atom. The summed E-state index contributed by atoms with van der Waals surface area (Å²) in [7, 11) is 0. The largest absolute Gasteiger partial charge is 0.469 e. The van der Waals surface area contributed by atoms with Crippen LogP contribution in [0, 0.1) is 0 Å². The first-order valence-corrected chi connectivity index (χ1v) is 10.2. The minimum Gasteiger partial charge on any atom is -0.469 e. The van der Waals surface area contributed by atoms with Crippen molar-refractivity contribution in [3.63, 3.8) is 0 Å². The Balaban J connectivity index is 2.26. The van der Waals surface area contributed by atoms with E-state index in [0.29, 0.717) is 0 Å². The van der Waals surface area contributed by atoms with Crippen molar-refractivity contribution in [2.24, 2.45) is 4.99 Å². The van der Waals surface area contributed by atoms with Gasteiger partial charge in [0.2, 0.25) is 0 Å². The zero-order valence-electron chi connectivity index (χ0n) is 13.1. The van der Waals surface area contributed by atoms with Crippen molar-refractivity contribution in [3.05, 3.63) is 24.2 Å². The molecule has 0 aliphatic heterocycles. The zero-order chi connectivity index (χ0) is 15.2. The molecule has 21 heavy (non-hydrogen) atoms. The summed E-state index contributed by atoms with van der Waals surface area (Å²) < 4.78 is 5.33. The van der Waals surface area contributed by atoms with Crippen molar-refractivity contribution in [1.82, 2.24) is 10.6 Å². The van der Waals surface area contributed by atoms with Gasteiger partial charge in [0.25, 0.3) is 0 Å². The molecular formula is C15H27N3OS2. The number of rotatable bonds is 11. The number of hydrogen-bond acceptors (Lipinski definition) is 4. The standard InChI is InChI=1S/C15H27N3OS2/c1-20-12-4-3-8-16-15(18-10-13-21-2)17-9-7-14-6-5-11-19-14/h5-6,11H,3-4,7-10,12-13H2,1-2H3,(H2,16,17,18). The van der Waals surface area contributed by atoms with E-state index in [9.17, 15) is 0 Å². The van der Waals surface area contributed by atoms with Gasteiger partial charge in [0, 0.05) is 31.8 Å². The Hall–Kier alpha value is -0.750. The van der Waals surface area contributed by atoms with Crippen molar-refractivity contribution < 1.29 is 4.42 Å². The lowest BCUT2D eigenvalue weighted by atomic mass is 10.3. The molecule has 0 spiro atoms. The van der Waals surface area contributed by atoms with Gasteiger partial charge in [-0.2, -0.15) is 23.5 Å². The molecule has 0 aliphatic rings. The summed E-state index contributed by atoms with van der Waals surface area (Å²) in [4.78, 5) is 4.63. The summed E-state index contributed by atoms with van der Waals surface area (Å²) in [5, 5.41) is 6.75. The first kappa shape index (κ1) is 18.3. The molecule has 1 aromatic rings. The van der Waals surface area contributed by atoms with Gasteiger partial charge in [-0.15, -0.1) is 0 Å². The molecule has 0 saturated heterocycles. The monoisotopic (exact) mass is 329 g/mol. The number of thioether (sulfide) groups is 2. The molecule has 2 N–H and O–H groups in total. The average Bonchev–Trinajstić information content (AvgIpc) is 3.00. The highest BCUT2D eigenvalue weighted by Gasteiger charge is 2.00. The molecule has 0 aliphatic carbocycles. The highest BCUT2D eigenvalue weighted by Crippen LogP contribution is 2.00. The van der Waals surface area contributed by atoms with Gasteiger partial charge in [-0.25, -0.2) is 0 Å². The first-order valence-electron chi connectivity index (χ1n) is 7.39. The van der Waals surface area contributed by atoms with Gasteiger partial charge < -0.3 is 15.1 Å².